The molecule has 1 saturated heterocycles. The van der Waals surface area contributed by atoms with Crippen molar-refractivity contribution < 1.29 is 24.1 Å². The van der Waals surface area contributed by atoms with Crippen LogP contribution in [-0.4, -0.2) is 43.3 Å². The summed E-state index contributed by atoms with van der Waals surface area (Å²) in [5.74, 6) is -0.309. The lowest BCUT2D eigenvalue weighted by molar-refractivity contribution is -0.177. The number of carbonyl (C=O) groups excluding carboxylic acids is 1. The topological polar surface area (TPSA) is 65.0 Å². The Balaban J connectivity index is 2.11. The molecule has 18 heavy (non-hydrogen) atoms. The second-order valence-electron chi connectivity index (χ2n) is 5.01. The summed E-state index contributed by atoms with van der Waals surface area (Å²) in [7, 11) is 0. The highest BCUT2D eigenvalue weighted by molar-refractivity contribution is 5.77. The minimum atomic E-state index is -0.844. The largest absolute Gasteiger partial charge is 0.465 e. The molecule has 1 saturated carbocycles. The van der Waals surface area contributed by atoms with Gasteiger partial charge in [0.15, 0.2) is 6.29 Å². The molecule has 2 fully saturated rings. The molecule has 5 nitrogen and oxygen atoms in total. The summed E-state index contributed by atoms with van der Waals surface area (Å²) in [4.78, 5) is 12.2. The molecule has 2 rings (SSSR count). The first kappa shape index (κ1) is 13.8. The van der Waals surface area contributed by atoms with Crippen LogP contribution in [0.3, 0.4) is 0 Å². The third kappa shape index (κ3) is 2.68. The van der Waals surface area contributed by atoms with Gasteiger partial charge in [0.2, 0.25) is 0 Å². The Bertz CT molecular complexity index is 287. The molecule has 1 aliphatic heterocycles. The van der Waals surface area contributed by atoms with Crippen LogP contribution in [0.4, 0.5) is 0 Å². The number of ether oxygens (including phenoxy) is 3. The van der Waals surface area contributed by atoms with Crippen LogP contribution in [0.15, 0.2) is 0 Å². The fourth-order valence-electron chi connectivity index (χ4n) is 2.88. The van der Waals surface area contributed by atoms with Gasteiger partial charge in [-0.05, 0) is 19.8 Å². The van der Waals surface area contributed by atoms with Crippen LogP contribution in [-0.2, 0) is 19.0 Å². The molecular formula is C13H22O5. The minimum absolute atomic E-state index is 0.309. The molecule has 1 aliphatic carbocycles. The number of carbonyl (C=O) groups is 1. The quantitative estimate of drug-likeness (QED) is 0.768. The van der Waals surface area contributed by atoms with E-state index < -0.39 is 11.5 Å². The normalized spacial score (nSPS) is 33.6. The van der Waals surface area contributed by atoms with Crippen LogP contribution in [0.25, 0.3) is 0 Å². The van der Waals surface area contributed by atoms with Gasteiger partial charge < -0.3 is 19.3 Å². The number of hydrogen-bond acceptors (Lipinski definition) is 5. The first-order valence-electron chi connectivity index (χ1n) is 6.77. The summed E-state index contributed by atoms with van der Waals surface area (Å²) >= 11 is 0. The van der Waals surface area contributed by atoms with Crippen LogP contribution >= 0.6 is 0 Å². The Morgan fingerprint density at radius 3 is 2.72 bits per heavy atom. The average molecular weight is 258 g/mol. The van der Waals surface area contributed by atoms with Gasteiger partial charge >= 0.3 is 5.97 Å². The third-order valence-corrected chi connectivity index (χ3v) is 3.89. The van der Waals surface area contributed by atoms with Gasteiger partial charge in [-0.3, -0.25) is 4.79 Å². The van der Waals surface area contributed by atoms with Crippen molar-refractivity contribution in [2.45, 2.75) is 51.4 Å². The lowest BCUT2D eigenvalue weighted by Gasteiger charge is -2.40. The summed E-state index contributed by atoms with van der Waals surface area (Å²) in [5, 5.41) is 10.3. The molecule has 1 N–H and O–H groups in total. The zero-order chi connectivity index (χ0) is 13.0. The zero-order valence-corrected chi connectivity index (χ0v) is 10.9. The molecule has 0 radical (unpaired) electrons. The lowest BCUT2D eigenvalue weighted by Crippen LogP contribution is -2.48. The van der Waals surface area contributed by atoms with Gasteiger partial charge in [0.25, 0.3) is 0 Å². The van der Waals surface area contributed by atoms with E-state index in [0.29, 0.717) is 39.1 Å². The Morgan fingerprint density at radius 1 is 1.39 bits per heavy atom. The van der Waals surface area contributed by atoms with Gasteiger partial charge in [-0.15, -0.1) is 0 Å². The van der Waals surface area contributed by atoms with Gasteiger partial charge in [-0.2, -0.15) is 0 Å². The molecule has 0 aromatic rings. The van der Waals surface area contributed by atoms with Crippen LogP contribution in [0, 0.1) is 5.41 Å². The molecule has 2 atom stereocenters. The SMILES string of the molecule is CCOC(=O)C1(CC2OCCO2)CCCCC1O. The van der Waals surface area contributed by atoms with E-state index in [-0.39, 0.29) is 12.3 Å². The third-order valence-electron chi connectivity index (χ3n) is 3.89. The minimum Gasteiger partial charge on any atom is -0.465 e. The lowest BCUT2D eigenvalue weighted by atomic mass is 9.69. The Labute approximate surface area is 107 Å². The monoisotopic (exact) mass is 258 g/mol. The second-order valence-corrected chi connectivity index (χ2v) is 5.01. The van der Waals surface area contributed by atoms with Crippen molar-refractivity contribution in [3.8, 4) is 0 Å². The van der Waals surface area contributed by atoms with E-state index in [1.54, 1.807) is 6.92 Å². The standard InChI is InChI=1S/C13H22O5/c1-2-16-12(15)13(6-4-3-5-10(13)14)9-11-17-7-8-18-11/h10-11,14H,2-9H2,1H3. The number of aliphatic hydroxyl groups is 1. The highest BCUT2D eigenvalue weighted by Crippen LogP contribution is 2.42. The molecule has 5 heteroatoms. The maximum Gasteiger partial charge on any atom is 0.314 e. The van der Waals surface area contributed by atoms with Crippen molar-refractivity contribution in [3.05, 3.63) is 0 Å². The Hall–Kier alpha value is -0.650. The molecule has 0 aromatic heterocycles. The van der Waals surface area contributed by atoms with E-state index in [9.17, 15) is 9.90 Å². The van der Waals surface area contributed by atoms with Gasteiger partial charge in [0.1, 0.15) is 0 Å². The van der Waals surface area contributed by atoms with E-state index >= 15 is 0 Å². The smallest absolute Gasteiger partial charge is 0.314 e. The number of esters is 1. The fourth-order valence-corrected chi connectivity index (χ4v) is 2.88. The highest BCUT2D eigenvalue weighted by atomic mass is 16.7. The van der Waals surface area contributed by atoms with Crippen molar-refractivity contribution in [2.75, 3.05) is 19.8 Å². The second kappa shape index (κ2) is 5.99. The summed E-state index contributed by atoms with van der Waals surface area (Å²) in [6.07, 6.45) is 2.53. The Morgan fingerprint density at radius 2 is 2.11 bits per heavy atom. The predicted octanol–water partition coefficient (Wildman–Crippen LogP) is 1.23. The Kier molecular flexibility index (Phi) is 4.59. The highest BCUT2D eigenvalue weighted by Gasteiger charge is 2.49. The molecule has 2 unspecified atom stereocenters. The number of aliphatic hydroxyl groups excluding tert-OH is 1. The molecule has 2 aliphatic rings. The number of rotatable bonds is 4. The van der Waals surface area contributed by atoms with E-state index in [1.807, 2.05) is 0 Å². The zero-order valence-electron chi connectivity index (χ0n) is 10.9. The molecule has 0 aromatic carbocycles. The maximum absolute atomic E-state index is 12.2. The number of hydrogen-bond donors (Lipinski definition) is 1. The molecule has 1 heterocycles. The summed E-state index contributed by atoms with van der Waals surface area (Å²) in [5.41, 5.74) is -0.844. The van der Waals surface area contributed by atoms with Gasteiger partial charge in [0.05, 0.1) is 31.3 Å². The molecule has 104 valence electrons. The van der Waals surface area contributed by atoms with Crippen molar-refractivity contribution in [1.29, 1.82) is 0 Å². The van der Waals surface area contributed by atoms with Crippen LogP contribution in [0.2, 0.25) is 0 Å². The van der Waals surface area contributed by atoms with Crippen LogP contribution in [0.1, 0.15) is 39.0 Å². The van der Waals surface area contributed by atoms with Crippen molar-refractivity contribution >= 4 is 5.97 Å². The van der Waals surface area contributed by atoms with Crippen LogP contribution < -0.4 is 0 Å². The van der Waals surface area contributed by atoms with Crippen molar-refractivity contribution in [2.24, 2.45) is 5.41 Å². The summed E-state index contributed by atoms with van der Waals surface area (Å²) in [6, 6.07) is 0. The van der Waals surface area contributed by atoms with Gasteiger partial charge in [-0.25, -0.2) is 0 Å². The molecule has 0 bridgehead atoms. The van der Waals surface area contributed by atoms with Gasteiger partial charge in [-0.1, -0.05) is 12.8 Å². The van der Waals surface area contributed by atoms with Gasteiger partial charge in [0, 0.05) is 6.42 Å². The van der Waals surface area contributed by atoms with E-state index in [1.165, 1.54) is 0 Å². The van der Waals surface area contributed by atoms with Crippen molar-refractivity contribution in [3.63, 3.8) is 0 Å². The summed E-state index contributed by atoms with van der Waals surface area (Å²) in [6.45, 7) is 3.22. The fraction of sp³-hybridized carbons (Fsp3) is 0.923. The molecular weight excluding hydrogens is 236 g/mol. The van der Waals surface area contributed by atoms with E-state index in [2.05, 4.69) is 0 Å². The molecule has 0 amide bonds. The first-order chi connectivity index (χ1) is 8.69. The predicted molar refractivity (Wildman–Crippen MR) is 63.8 cm³/mol. The van der Waals surface area contributed by atoms with Crippen LogP contribution in [0.5, 0.6) is 0 Å². The van der Waals surface area contributed by atoms with E-state index in [0.717, 1.165) is 12.8 Å². The summed E-state index contributed by atoms with van der Waals surface area (Å²) < 4.78 is 16.0. The molecule has 0 spiro atoms. The maximum atomic E-state index is 12.2. The van der Waals surface area contributed by atoms with E-state index in [4.69, 9.17) is 14.2 Å². The first-order valence-corrected chi connectivity index (χ1v) is 6.77. The van der Waals surface area contributed by atoms with Crippen molar-refractivity contribution in [1.82, 2.24) is 0 Å². The average Bonchev–Trinajstić information content (AvgIpc) is 2.85.